The average Bonchev–Trinajstić information content (AvgIpc) is 3.25. The van der Waals surface area contributed by atoms with E-state index in [9.17, 15) is 10.0 Å². The lowest BCUT2D eigenvalue weighted by molar-refractivity contribution is 0.184. The van der Waals surface area contributed by atoms with Crippen molar-refractivity contribution in [2.24, 2.45) is 12.0 Å². The molecule has 4 heterocycles. The van der Waals surface area contributed by atoms with Gasteiger partial charge in [-0.05, 0) is 0 Å². The largest absolute Gasteiger partial charge is 0.375 e. The molecule has 0 unspecified atom stereocenters. The third-order valence-corrected chi connectivity index (χ3v) is 5.41. The number of aryl methyl sites for hydroxylation is 1. The summed E-state index contributed by atoms with van der Waals surface area (Å²) in [4.78, 5) is 24.6. The molecular weight excluding hydrogens is 344 g/mol. The molecule has 25 heavy (non-hydrogen) atoms. The molecule has 0 saturated carbocycles. The Morgan fingerprint density at radius 3 is 3.04 bits per heavy atom. The minimum absolute atomic E-state index is 0.0364. The molecule has 4 N–H and O–H groups in total. The summed E-state index contributed by atoms with van der Waals surface area (Å²) >= 11 is 1.33. The summed E-state index contributed by atoms with van der Waals surface area (Å²) in [6.07, 6.45) is 1.77. The smallest absolute Gasteiger partial charge is 0.321 e. The van der Waals surface area contributed by atoms with E-state index in [1.54, 1.807) is 27.7 Å². The van der Waals surface area contributed by atoms with Crippen LogP contribution < -0.4 is 11.2 Å². The van der Waals surface area contributed by atoms with Crippen molar-refractivity contribution in [3.63, 3.8) is 0 Å². The topological polar surface area (TPSA) is 125 Å². The number of carbonyl (C=O) groups is 1. The number of nitrogens with one attached hydrogen (secondary N) is 1. The van der Waals surface area contributed by atoms with Crippen molar-refractivity contribution < 1.29 is 10.0 Å². The number of carbonyl (C=O) groups excluding carboxylic acids is 1. The lowest BCUT2D eigenvalue weighted by Gasteiger charge is -2.31. The van der Waals surface area contributed by atoms with E-state index in [4.69, 9.17) is 5.73 Å². The first-order chi connectivity index (χ1) is 12.0. The summed E-state index contributed by atoms with van der Waals surface area (Å²) in [6, 6.07) is -0.671. The van der Waals surface area contributed by atoms with Crippen molar-refractivity contribution in [3.8, 4) is 0 Å². The van der Waals surface area contributed by atoms with E-state index in [0.29, 0.717) is 17.4 Å². The number of likely N-dealkylation sites (N-methyl/N-ethyl adjacent to an activating group) is 1. The zero-order valence-electron chi connectivity index (χ0n) is 13.7. The number of fused-ring (bicyclic) bond motifs is 4. The van der Waals surface area contributed by atoms with E-state index in [-0.39, 0.29) is 24.5 Å². The van der Waals surface area contributed by atoms with E-state index < -0.39 is 6.04 Å². The van der Waals surface area contributed by atoms with E-state index in [1.807, 2.05) is 12.4 Å². The van der Waals surface area contributed by atoms with Gasteiger partial charge in [0.05, 0.1) is 30.2 Å². The number of amidine groups is 1. The van der Waals surface area contributed by atoms with Crippen LogP contribution in [0.25, 0.3) is 0 Å². The van der Waals surface area contributed by atoms with Crippen LogP contribution in [0.15, 0.2) is 16.6 Å². The Labute approximate surface area is 147 Å². The molecular formula is C14H18N8O2S. The normalized spacial score (nSPS) is 22.5. The van der Waals surface area contributed by atoms with Gasteiger partial charge in [-0.1, -0.05) is 0 Å². The van der Waals surface area contributed by atoms with Gasteiger partial charge < -0.3 is 15.5 Å². The van der Waals surface area contributed by atoms with Crippen molar-refractivity contribution in [2.45, 2.75) is 18.6 Å². The summed E-state index contributed by atoms with van der Waals surface area (Å²) in [5, 5.41) is 16.3. The summed E-state index contributed by atoms with van der Waals surface area (Å²) < 4.78 is 1.72. The fourth-order valence-electron chi connectivity index (χ4n) is 3.47. The van der Waals surface area contributed by atoms with E-state index in [0.717, 1.165) is 11.3 Å². The maximum absolute atomic E-state index is 12.6. The molecule has 1 fully saturated rings. The van der Waals surface area contributed by atoms with Crippen LogP contribution in [0.4, 0.5) is 9.93 Å². The maximum Gasteiger partial charge on any atom is 0.321 e. The van der Waals surface area contributed by atoms with Crippen molar-refractivity contribution >= 4 is 28.3 Å². The highest BCUT2D eigenvalue weighted by molar-refractivity contribution is 7.13. The molecule has 0 aliphatic carbocycles. The number of nitrogens with zero attached hydrogens (tertiary/aromatic N) is 6. The van der Waals surface area contributed by atoms with Crippen LogP contribution in [0, 0.1) is 0 Å². The number of urea groups is 1. The third-order valence-electron chi connectivity index (χ3n) is 4.68. The average molecular weight is 362 g/mol. The van der Waals surface area contributed by atoms with Crippen LogP contribution in [0.3, 0.4) is 0 Å². The van der Waals surface area contributed by atoms with Gasteiger partial charge in [0.2, 0.25) is 0 Å². The fraction of sp³-hybridized carbons (Fsp3) is 0.429. The first-order valence-corrected chi connectivity index (χ1v) is 8.58. The number of aliphatic imine (C=N–C) groups is 1. The predicted octanol–water partition coefficient (Wildman–Crippen LogP) is 0.499. The zero-order valence-corrected chi connectivity index (χ0v) is 14.6. The molecule has 132 valence electrons. The van der Waals surface area contributed by atoms with Crippen molar-refractivity contribution in [2.75, 3.05) is 19.3 Å². The fourth-order valence-corrected chi connectivity index (χ4v) is 4.02. The number of thiazole rings is 1. The first kappa shape index (κ1) is 15.8. The number of rotatable bonds is 3. The molecule has 2 amide bonds. The van der Waals surface area contributed by atoms with Gasteiger partial charge in [0.1, 0.15) is 11.9 Å². The van der Waals surface area contributed by atoms with Crippen LogP contribution in [0.2, 0.25) is 0 Å². The van der Waals surface area contributed by atoms with Gasteiger partial charge in [-0.2, -0.15) is 5.10 Å². The van der Waals surface area contributed by atoms with Crippen LogP contribution in [0.5, 0.6) is 0 Å². The highest BCUT2D eigenvalue weighted by Crippen LogP contribution is 2.43. The van der Waals surface area contributed by atoms with Gasteiger partial charge >= 0.3 is 6.03 Å². The number of amides is 2. The highest BCUT2D eigenvalue weighted by Gasteiger charge is 2.49. The van der Waals surface area contributed by atoms with Crippen molar-refractivity contribution in [1.82, 2.24) is 30.0 Å². The third kappa shape index (κ3) is 2.35. The molecule has 0 aromatic carbocycles. The van der Waals surface area contributed by atoms with Gasteiger partial charge in [0, 0.05) is 31.6 Å². The molecule has 2 aromatic heterocycles. The Hall–Kier alpha value is -2.66. The van der Waals surface area contributed by atoms with Gasteiger partial charge in [0.25, 0.3) is 0 Å². The molecule has 0 radical (unpaired) electrons. The van der Waals surface area contributed by atoms with Crippen molar-refractivity contribution in [1.29, 1.82) is 0 Å². The molecule has 11 heteroatoms. The summed E-state index contributed by atoms with van der Waals surface area (Å²) in [5.74, 6) is 0.276. The summed E-state index contributed by atoms with van der Waals surface area (Å²) in [5.41, 5.74) is 10.3. The van der Waals surface area contributed by atoms with Crippen LogP contribution >= 0.6 is 11.3 Å². The lowest BCUT2D eigenvalue weighted by atomic mass is 9.97. The molecule has 2 aliphatic heterocycles. The second-order valence-electron chi connectivity index (χ2n) is 6.06. The molecule has 2 aromatic rings. The highest BCUT2D eigenvalue weighted by atomic mass is 32.1. The Kier molecular flexibility index (Phi) is 3.62. The maximum atomic E-state index is 12.6. The predicted molar refractivity (Wildman–Crippen MR) is 91.1 cm³/mol. The second kappa shape index (κ2) is 5.70. The Morgan fingerprint density at radius 2 is 2.36 bits per heavy atom. The molecule has 2 bridgehead atoms. The van der Waals surface area contributed by atoms with Crippen LogP contribution in [0.1, 0.15) is 29.0 Å². The number of nitrogens with two attached hydrogens (primary N) is 1. The van der Waals surface area contributed by atoms with Crippen LogP contribution in [-0.4, -0.2) is 55.2 Å². The number of anilines is 1. The van der Waals surface area contributed by atoms with E-state index in [1.165, 1.54) is 11.3 Å². The van der Waals surface area contributed by atoms with Gasteiger partial charge in [0.15, 0.2) is 5.13 Å². The number of aromatic nitrogens is 3. The lowest BCUT2D eigenvalue weighted by Crippen LogP contribution is -2.43. The monoisotopic (exact) mass is 362 g/mol. The first-order valence-electron chi connectivity index (χ1n) is 7.70. The molecule has 2 aliphatic rings. The molecule has 10 nitrogen and oxygen atoms in total. The van der Waals surface area contributed by atoms with E-state index in [2.05, 4.69) is 20.6 Å². The molecule has 1 saturated heterocycles. The van der Waals surface area contributed by atoms with Gasteiger partial charge in [-0.3, -0.25) is 20.4 Å². The number of hydrogen-bond acceptors (Lipinski definition) is 7. The minimum Gasteiger partial charge on any atom is -0.375 e. The summed E-state index contributed by atoms with van der Waals surface area (Å²) in [7, 11) is 3.59. The molecule has 4 rings (SSSR count). The SMILES string of the molecule is CN1C(=O)N2C[C@H]1c1cnn(C)c1[C@H]2C(=NCc1csc(N)n1)NO. The van der Waals surface area contributed by atoms with Gasteiger partial charge in [-0.15, -0.1) is 11.3 Å². The standard InChI is InChI=1S/C14H18N8O2S/c1-20-9-5-22(14(20)23)11(10-8(9)4-17-21(10)2)12(19-24)16-3-7-6-25-13(15)18-7/h4,6,9,11,24H,3,5H2,1-2H3,(H2,15,18)(H,16,19)/t9-,11-/m0/s1. The minimum atomic E-state index is -0.530. The number of nitrogen functional groups attached to an aromatic ring is 1. The van der Waals surface area contributed by atoms with E-state index >= 15 is 0 Å². The molecule has 0 spiro atoms. The van der Waals surface area contributed by atoms with Crippen molar-refractivity contribution in [3.05, 3.63) is 28.5 Å². The van der Waals surface area contributed by atoms with Gasteiger partial charge in [-0.25, -0.2) is 9.78 Å². The molecule has 2 atom stereocenters. The Balaban J connectivity index is 1.74. The van der Waals surface area contributed by atoms with Crippen LogP contribution in [-0.2, 0) is 13.6 Å². The number of hydroxylamine groups is 1. The second-order valence-corrected chi connectivity index (χ2v) is 6.95. The number of hydrogen-bond donors (Lipinski definition) is 3. The Morgan fingerprint density at radius 1 is 1.56 bits per heavy atom. The Bertz CT molecular complexity index is 859. The quantitative estimate of drug-likeness (QED) is 0.415. The zero-order chi connectivity index (χ0) is 17.7. The summed E-state index contributed by atoms with van der Waals surface area (Å²) in [6.45, 7) is 0.782.